The van der Waals surface area contributed by atoms with Crippen LogP contribution in [0, 0.1) is 11.8 Å². The topological polar surface area (TPSA) is 53.4 Å². The molecule has 1 aromatic rings. The molecule has 5 heteroatoms. The Bertz CT molecular complexity index is 471. The second kappa shape index (κ2) is 4.23. The zero-order valence-electron chi connectivity index (χ0n) is 10.7. The van der Waals surface area contributed by atoms with E-state index < -0.39 is 5.97 Å². The molecule has 1 aliphatic carbocycles. The number of rotatable bonds is 3. The molecule has 2 unspecified atom stereocenters. The van der Waals surface area contributed by atoms with Crippen molar-refractivity contribution in [1.29, 1.82) is 0 Å². The monoisotopic (exact) mass is 266 g/mol. The second-order valence-electron chi connectivity index (χ2n) is 5.65. The molecule has 18 heavy (non-hydrogen) atoms. The lowest BCUT2D eigenvalue weighted by Crippen LogP contribution is -2.19. The predicted octanol–water partition coefficient (Wildman–Crippen LogP) is 2.81. The highest BCUT2D eigenvalue weighted by atomic mass is 32.1. The fraction of sp³-hybridized carbons (Fsp3) is 0.692. The summed E-state index contributed by atoms with van der Waals surface area (Å²) in [6.07, 6.45) is 2.19. The first-order chi connectivity index (χ1) is 8.56. The van der Waals surface area contributed by atoms with Crippen LogP contribution in [-0.4, -0.2) is 29.1 Å². The summed E-state index contributed by atoms with van der Waals surface area (Å²) in [4.78, 5) is 18.6. The summed E-state index contributed by atoms with van der Waals surface area (Å²) in [5.41, 5.74) is 0.828. The van der Waals surface area contributed by atoms with E-state index in [0.29, 0.717) is 22.6 Å². The van der Waals surface area contributed by atoms with Gasteiger partial charge >= 0.3 is 5.97 Å². The minimum atomic E-state index is -0.819. The minimum absolute atomic E-state index is 0.401. The number of carbonyl (C=O) groups is 1. The van der Waals surface area contributed by atoms with E-state index in [1.54, 1.807) is 0 Å². The molecule has 2 heterocycles. The van der Waals surface area contributed by atoms with Crippen molar-refractivity contribution in [3.05, 3.63) is 10.6 Å². The van der Waals surface area contributed by atoms with E-state index in [1.807, 2.05) is 0 Å². The first-order valence-electron chi connectivity index (χ1n) is 6.55. The zero-order valence-corrected chi connectivity index (χ0v) is 11.5. The number of hydrogen-bond acceptors (Lipinski definition) is 4. The molecule has 2 aliphatic rings. The lowest BCUT2D eigenvalue weighted by atomic mass is 10.0. The molecule has 98 valence electrons. The van der Waals surface area contributed by atoms with Crippen LogP contribution < -0.4 is 4.90 Å². The molecule has 3 rings (SSSR count). The Labute approximate surface area is 111 Å². The van der Waals surface area contributed by atoms with E-state index in [-0.39, 0.29) is 0 Å². The van der Waals surface area contributed by atoms with E-state index in [2.05, 4.69) is 23.7 Å². The van der Waals surface area contributed by atoms with Crippen LogP contribution in [0.25, 0.3) is 0 Å². The van der Waals surface area contributed by atoms with Gasteiger partial charge in [-0.3, -0.25) is 0 Å². The van der Waals surface area contributed by atoms with Crippen LogP contribution >= 0.6 is 11.3 Å². The Hall–Kier alpha value is -1.10. The molecule has 2 fully saturated rings. The third-order valence-corrected chi connectivity index (χ3v) is 5.18. The van der Waals surface area contributed by atoms with Crippen LogP contribution in [0.4, 0.5) is 5.13 Å². The number of hydrogen-bond donors (Lipinski definition) is 1. The van der Waals surface area contributed by atoms with E-state index in [4.69, 9.17) is 0 Å². The van der Waals surface area contributed by atoms with Gasteiger partial charge in [0.05, 0.1) is 5.69 Å². The summed E-state index contributed by atoms with van der Waals surface area (Å²) in [5, 5.41) is 10.2. The number of anilines is 1. The van der Waals surface area contributed by atoms with Gasteiger partial charge in [0.15, 0.2) is 5.13 Å². The fourth-order valence-electron chi connectivity index (χ4n) is 2.53. The average molecular weight is 266 g/mol. The summed E-state index contributed by atoms with van der Waals surface area (Å²) in [6, 6.07) is 0. The second-order valence-corrected chi connectivity index (χ2v) is 6.63. The molecule has 1 aliphatic heterocycles. The third kappa shape index (κ3) is 2.00. The maximum atomic E-state index is 11.3. The first-order valence-corrected chi connectivity index (χ1v) is 7.37. The first kappa shape index (κ1) is 12.0. The number of aromatic carboxylic acids is 1. The molecule has 0 aromatic carbocycles. The quantitative estimate of drug-likeness (QED) is 0.914. The van der Waals surface area contributed by atoms with Crippen LogP contribution in [0.15, 0.2) is 0 Å². The van der Waals surface area contributed by atoms with Crippen molar-refractivity contribution in [2.45, 2.75) is 32.6 Å². The summed E-state index contributed by atoms with van der Waals surface area (Å²) in [5.74, 6) is 0.901. The summed E-state index contributed by atoms with van der Waals surface area (Å²) in [7, 11) is 0. The van der Waals surface area contributed by atoms with Gasteiger partial charge in [-0.15, -0.1) is 0 Å². The Morgan fingerprint density at radius 2 is 1.94 bits per heavy atom. The van der Waals surface area contributed by atoms with Crippen LogP contribution in [-0.2, 0) is 0 Å². The van der Waals surface area contributed by atoms with Crippen molar-refractivity contribution >= 4 is 22.4 Å². The molecule has 0 amide bonds. The summed E-state index contributed by atoms with van der Waals surface area (Å²) >= 11 is 1.35. The van der Waals surface area contributed by atoms with Crippen LogP contribution in [0.3, 0.4) is 0 Å². The number of nitrogens with zero attached hydrogens (tertiary/aromatic N) is 2. The normalized spacial score (nSPS) is 27.8. The zero-order chi connectivity index (χ0) is 12.9. The Kier molecular flexibility index (Phi) is 2.81. The Morgan fingerprint density at radius 1 is 1.33 bits per heavy atom. The van der Waals surface area contributed by atoms with Crippen LogP contribution in [0.1, 0.15) is 48.0 Å². The number of thiazole rings is 1. The van der Waals surface area contributed by atoms with Crippen molar-refractivity contribution in [2.75, 3.05) is 18.0 Å². The van der Waals surface area contributed by atoms with Gasteiger partial charge in [0.2, 0.25) is 0 Å². The average Bonchev–Trinajstić information content (AvgIpc) is 2.97. The molecule has 0 bridgehead atoms. The SMILES string of the molecule is CC1CN(c2nc(C3CC3)c(C(=O)O)s2)CC1C. The molecule has 2 atom stereocenters. The maximum Gasteiger partial charge on any atom is 0.347 e. The highest BCUT2D eigenvalue weighted by Gasteiger charge is 2.35. The van der Waals surface area contributed by atoms with Gasteiger partial charge in [-0.2, -0.15) is 0 Å². The highest BCUT2D eigenvalue weighted by molar-refractivity contribution is 7.17. The minimum Gasteiger partial charge on any atom is -0.477 e. The van der Waals surface area contributed by atoms with Crippen LogP contribution in [0.5, 0.6) is 0 Å². The fourth-order valence-corrected chi connectivity index (χ4v) is 3.54. The van der Waals surface area contributed by atoms with Crippen molar-refractivity contribution in [3.63, 3.8) is 0 Å². The van der Waals surface area contributed by atoms with Crippen molar-refractivity contribution in [3.8, 4) is 0 Å². The molecule has 1 aromatic heterocycles. The highest BCUT2D eigenvalue weighted by Crippen LogP contribution is 2.44. The van der Waals surface area contributed by atoms with E-state index in [0.717, 1.165) is 36.8 Å². The van der Waals surface area contributed by atoms with Gasteiger partial charge in [-0.1, -0.05) is 25.2 Å². The largest absolute Gasteiger partial charge is 0.477 e. The molecule has 0 radical (unpaired) electrons. The van der Waals surface area contributed by atoms with E-state index in [9.17, 15) is 9.90 Å². The van der Waals surface area contributed by atoms with Crippen LogP contribution in [0.2, 0.25) is 0 Å². The third-order valence-electron chi connectivity index (χ3n) is 4.06. The lowest BCUT2D eigenvalue weighted by molar-refractivity contribution is 0.0700. The van der Waals surface area contributed by atoms with Gasteiger partial charge in [0, 0.05) is 19.0 Å². The maximum absolute atomic E-state index is 11.3. The van der Waals surface area contributed by atoms with Gasteiger partial charge < -0.3 is 10.0 Å². The van der Waals surface area contributed by atoms with Crippen molar-refractivity contribution < 1.29 is 9.90 Å². The molecular weight excluding hydrogens is 248 g/mol. The van der Waals surface area contributed by atoms with Gasteiger partial charge in [0.1, 0.15) is 4.88 Å². The summed E-state index contributed by atoms with van der Waals surface area (Å²) in [6.45, 7) is 6.49. The Balaban J connectivity index is 1.89. The van der Waals surface area contributed by atoms with Gasteiger partial charge in [0.25, 0.3) is 0 Å². The van der Waals surface area contributed by atoms with Crippen molar-refractivity contribution in [1.82, 2.24) is 4.98 Å². The Morgan fingerprint density at radius 3 is 2.44 bits per heavy atom. The molecule has 1 saturated carbocycles. The predicted molar refractivity (Wildman–Crippen MR) is 71.6 cm³/mol. The molecule has 1 N–H and O–H groups in total. The van der Waals surface area contributed by atoms with Crippen molar-refractivity contribution in [2.24, 2.45) is 11.8 Å². The molecule has 0 spiro atoms. The molecule has 1 saturated heterocycles. The number of carboxylic acid groups (broad SMARTS) is 1. The standard InChI is InChI=1S/C13H18N2O2S/c1-7-5-15(6-8(7)2)13-14-10(9-3-4-9)11(18-13)12(16)17/h7-9H,3-6H2,1-2H3,(H,16,17). The van der Waals surface area contributed by atoms with E-state index in [1.165, 1.54) is 11.3 Å². The molecular formula is C13H18N2O2S. The van der Waals surface area contributed by atoms with E-state index >= 15 is 0 Å². The number of carboxylic acids is 1. The molecule has 4 nitrogen and oxygen atoms in total. The number of aromatic nitrogens is 1. The van der Waals surface area contributed by atoms with Gasteiger partial charge in [-0.25, -0.2) is 9.78 Å². The smallest absolute Gasteiger partial charge is 0.347 e. The summed E-state index contributed by atoms with van der Waals surface area (Å²) < 4.78 is 0. The van der Waals surface area contributed by atoms with Gasteiger partial charge in [-0.05, 0) is 24.7 Å². The lowest BCUT2D eigenvalue weighted by Gasteiger charge is -2.13.